The number of esters is 1. The van der Waals surface area contributed by atoms with Gasteiger partial charge in [0.05, 0.1) is 11.4 Å². The van der Waals surface area contributed by atoms with Crippen LogP contribution in [0.2, 0.25) is 0 Å². The van der Waals surface area contributed by atoms with Gasteiger partial charge in [0, 0.05) is 5.69 Å². The summed E-state index contributed by atoms with van der Waals surface area (Å²) in [4.78, 5) is 31.4. The minimum absolute atomic E-state index is 0.00511. The standard InChI is InChI=1S/C29H25N3O3S3/c1-18-9-12-22(13-10-18)32-27(34)25-26(31(29(36)38-25)23-14-11-19(2)20(3)15-23)30-28(32)37-17-24(33)35-16-21-7-5-4-6-8-21/h4-15H,16-17H2,1-3H3. The lowest BCUT2D eigenvalue weighted by Gasteiger charge is -2.13. The Morgan fingerprint density at radius 2 is 1.66 bits per heavy atom. The van der Waals surface area contributed by atoms with Crippen LogP contribution in [0.5, 0.6) is 0 Å². The van der Waals surface area contributed by atoms with Crippen molar-refractivity contribution in [2.24, 2.45) is 0 Å². The first-order valence-electron chi connectivity index (χ1n) is 12.0. The number of fused-ring (bicyclic) bond motifs is 1. The molecule has 2 heterocycles. The molecule has 38 heavy (non-hydrogen) atoms. The fraction of sp³-hybridized carbons (Fsp3) is 0.172. The number of ether oxygens (including phenoxy) is 1. The number of thiazole rings is 1. The van der Waals surface area contributed by atoms with Crippen LogP contribution >= 0.6 is 35.3 Å². The molecular formula is C29H25N3O3S3. The number of rotatable bonds is 7. The number of aryl methyl sites for hydroxylation is 3. The molecular weight excluding hydrogens is 535 g/mol. The van der Waals surface area contributed by atoms with Crippen molar-refractivity contribution >= 4 is 51.6 Å². The summed E-state index contributed by atoms with van der Waals surface area (Å²) in [6, 6.07) is 23.2. The SMILES string of the molecule is Cc1ccc(-n2c(SCC(=O)OCc3ccccc3)nc3c(sc(=S)n3-c3ccc(C)c(C)c3)c2=O)cc1. The molecule has 0 bridgehead atoms. The molecule has 192 valence electrons. The van der Waals surface area contributed by atoms with Crippen LogP contribution in [0.15, 0.2) is 82.7 Å². The molecule has 2 aromatic heterocycles. The summed E-state index contributed by atoms with van der Waals surface area (Å²) in [6.45, 7) is 6.26. The Labute approximate surface area is 233 Å². The third-order valence-corrected chi connectivity index (χ3v) is 8.44. The number of thioether (sulfide) groups is 1. The van der Waals surface area contributed by atoms with Gasteiger partial charge >= 0.3 is 5.97 Å². The molecule has 0 aliphatic heterocycles. The topological polar surface area (TPSA) is 66.1 Å². The van der Waals surface area contributed by atoms with E-state index in [0.29, 0.717) is 25.1 Å². The molecule has 6 nitrogen and oxygen atoms in total. The second-order valence-electron chi connectivity index (χ2n) is 8.93. The Morgan fingerprint density at radius 1 is 0.947 bits per heavy atom. The first-order chi connectivity index (χ1) is 18.3. The normalized spacial score (nSPS) is 11.1. The highest BCUT2D eigenvalue weighted by molar-refractivity contribution is 7.99. The van der Waals surface area contributed by atoms with Crippen molar-refractivity contribution in [3.8, 4) is 11.4 Å². The summed E-state index contributed by atoms with van der Waals surface area (Å²) in [7, 11) is 0. The van der Waals surface area contributed by atoms with Gasteiger partial charge in [-0.2, -0.15) is 0 Å². The van der Waals surface area contributed by atoms with Crippen LogP contribution in [0.1, 0.15) is 22.3 Å². The second kappa shape index (κ2) is 11.1. The van der Waals surface area contributed by atoms with E-state index in [1.165, 1.54) is 28.7 Å². The van der Waals surface area contributed by atoms with Crippen molar-refractivity contribution in [3.63, 3.8) is 0 Å². The number of hydrogen-bond donors (Lipinski definition) is 0. The quantitative estimate of drug-likeness (QED) is 0.0954. The summed E-state index contributed by atoms with van der Waals surface area (Å²) in [5, 5.41) is 0.397. The maximum Gasteiger partial charge on any atom is 0.316 e. The van der Waals surface area contributed by atoms with E-state index >= 15 is 0 Å². The summed E-state index contributed by atoms with van der Waals surface area (Å²) < 4.78 is 9.84. The van der Waals surface area contributed by atoms with E-state index in [-0.39, 0.29) is 23.9 Å². The number of benzene rings is 3. The van der Waals surface area contributed by atoms with Gasteiger partial charge in [-0.3, -0.25) is 18.7 Å². The second-order valence-corrected chi connectivity index (χ2v) is 11.5. The number of hydrogen-bond acceptors (Lipinski definition) is 7. The smallest absolute Gasteiger partial charge is 0.316 e. The zero-order valence-electron chi connectivity index (χ0n) is 21.1. The molecule has 5 rings (SSSR count). The highest BCUT2D eigenvalue weighted by Crippen LogP contribution is 2.28. The first-order valence-corrected chi connectivity index (χ1v) is 14.2. The fourth-order valence-corrected chi connectivity index (χ4v) is 6.05. The van der Waals surface area contributed by atoms with Gasteiger partial charge < -0.3 is 4.74 Å². The average Bonchev–Trinajstić information content (AvgIpc) is 3.25. The molecule has 0 aliphatic carbocycles. The lowest BCUT2D eigenvalue weighted by molar-refractivity contribution is -0.141. The van der Waals surface area contributed by atoms with E-state index < -0.39 is 0 Å². The average molecular weight is 560 g/mol. The Bertz CT molecular complexity index is 1750. The van der Waals surface area contributed by atoms with E-state index in [1.807, 2.05) is 98.1 Å². The molecule has 0 unspecified atom stereocenters. The van der Waals surface area contributed by atoms with E-state index in [2.05, 4.69) is 0 Å². The lowest BCUT2D eigenvalue weighted by atomic mass is 10.1. The molecule has 3 aromatic carbocycles. The lowest BCUT2D eigenvalue weighted by Crippen LogP contribution is -2.22. The van der Waals surface area contributed by atoms with Crippen LogP contribution in [0.3, 0.4) is 0 Å². The van der Waals surface area contributed by atoms with Gasteiger partial charge in [-0.25, -0.2) is 4.98 Å². The van der Waals surface area contributed by atoms with Crippen LogP contribution in [-0.2, 0) is 16.1 Å². The molecule has 0 amide bonds. The van der Waals surface area contributed by atoms with Crippen LogP contribution < -0.4 is 5.56 Å². The number of carbonyl (C=O) groups is 1. The monoisotopic (exact) mass is 559 g/mol. The van der Waals surface area contributed by atoms with Gasteiger partial charge in [0.25, 0.3) is 5.56 Å². The maximum atomic E-state index is 13.9. The predicted molar refractivity (Wildman–Crippen MR) is 157 cm³/mol. The van der Waals surface area contributed by atoms with Crippen molar-refractivity contribution in [1.82, 2.24) is 14.1 Å². The van der Waals surface area contributed by atoms with E-state index in [4.69, 9.17) is 21.9 Å². The van der Waals surface area contributed by atoms with Crippen LogP contribution in [0.25, 0.3) is 21.7 Å². The van der Waals surface area contributed by atoms with Gasteiger partial charge in [0.1, 0.15) is 11.3 Å². The molecule has 5 aromatic rings. The first kappa shape index (κ1) is 26.1. The largest absolute Gasteiger partial charge is 0.460 e. The highest BCUT2D eigenvalue weighted by atomic mass is 32.2. The number of aromatic nitrogens is 3. The molecule has 0 atom stereocenters. The molecule has 0 N–H and O–H groups in total. The van der Waals surface area contributed by atoms with Crippen molar-refractivity contribution in [2.45, 2.75) is 32.5 Å². The van der Waals surface area contributed by atoms with Gasteiger partial charge in [-0.1, -0.05) is 77.2 Å². The van der Waals surface area contributed by atoms with Gasteiger partial charge in [0.15, 0.2) is 14.8 Å². The molecule has 0 saturated heterocycles. The molecule has 9 heteroatoms. The van der Waals surface area contributed by atoms with Crippen molar-refractivity contribution in [1.29, 1.82) is 0 Å². The summed E-state index contributed by atoms with van der Waals surface area (Å²) in [5.74, 6) is -0.384. The Morgan fingerprint density at radius 3 is 2.37 bits per heavy atom. The van der Waals surface area contributed by atoms with Crippen LogP contribution in [-0.4, -0.2) is 25.8 Å². The fourth-order valence-electron chi connectivity index (χ4n) is 3.95. The molecule has 0 spiro atoms. The maximum absolute atomic E-state index is 13.9. The molecule has 0 aliphatic rings. The number of nitrogens with zero attached hydrogens (tertiary/aromatic N) is 3. The Hall–Kier alpha value is -3.53. The summed E-state index contributed by atoms with van der Waals surface area (Å²) >= 11 is 8.10. The van der Waals surface area contributed by atoms with E-state index in [1.54, 1.807) is 4.57 Å². The predicted octanol–water partition coefficient (Wildman–Crippen LogP) is 6.73. The minimum atomic E-state index is -0.389. The third kappa shape index (κ3) is 5.36. The Balaban J connectivity index is 1.57. The third-order valence-electron chi connectivity index (χ3n) is 6.18. The van der Waals surface area contributed by atoms with Crippen LogP contribution in [0.4, 0.5) is 0 Å². The van der Waals surface area contributed by atoms with Gasteiger partial charge in [0.2, 0.25) is 0 Å². The number of carbonyl (C=O) groups excluding carboxylic acids is 1. The van der Waals surface area contributed by atoms with E-state index in [9.17, 15) is 9.59 Å². The van der Waals surface area contributed by atoms with Gasteiger partial charge in [-0.15, -0.1) is 0 Å². The van der Waals surface area contributed by atoms with Crippen molar-refractivity contribution in [3.05, 3.63) is 109 Å². The van der Waals surface area contributed by atoms with E-state index in [0.717, 1.165) is 22.4 Å². The molecule has 0 radical (unpaired) electrons. The van der Waals surface area contributed by atoms with Crippen molar-refractivity contribution < 1.29 is 9.53 Å². The summed E-state index contributed by atoms with van der Waals surface area (Å²) in [6.07, 6.45) is 0. The van der Waals surface area contributed by atoms with Crippen molar-refractivity contribution in [2.75, 3.05) is 5.75 Å². The zero-order chi connectivity index (χ0) is 26.8. The van der Waals surface area contributed by atoms with Crippen LogP contribution in [0, 0.1) is 24.7 Å². The Kier molecular flexibility index (Phi) is 7.60. The zero-order valence-corrected chi connectivity index (χ0v) is 23.6. The molecule has 0 saturated carbocycles. The minimum Gasteiger partial charge on any atom is -0.460 e. The molecule has 0 fully saturated rings. The summed E-state index contributed by atoms with van der Waals surface area (Å²) in [5.41, 5.74) is 6.05. The highest BCUT2D eigenvalue weighted by Gasteiger charge is 2.20. The van der Waals surface area contributed by atoms with Gasteiger partial charge in [-0.05, 0) is 73.9 Å².